The molecule has 1 amide bonds. The third kappa shape index (κ3) is 5.92. The third-order valence-corrected chi connectivity index (χ3v) is 3.51. The number of carbonyl (C=O) groups excluding carboxylic acids is 1. The van der Waals surface area contributed by atoms with Gasteiger partial charge >= 0.3 is 0 Å². The zero-order valence-corrected chi connectivity index (χ0v) is 14.5. The fourth-order valence-electron chi connectivity index (χ4n) is 1.96. The van der Waals surface area contributed by atoms with Crippen molar-refractivity contribution in [1.29, 1.82) is 0 Å². The van der Waals surface area contributed by atoms with E-state index in [1.807, 2.05) is 30.3 Å². The fourth-order valence-corrected chi connectivity index (χ4v) is 2.37. The summed E-state index contributed by atoms with van der Waals surface area (Å²) in [4.78, 5) is 10.6. The van der Waals surface area contributed by atoms with Gasteiger partial charge in [0.2, 0.25) is 5.91 Å². The molecule has 2 rings (SSSR count). The number of benzene rings is 2. The van der Waals surface area contributed by atoms with E-state index >= 15 is 0 Å². The van der Waals surface area contributed by atoms with Gasteiger partial charge in [-0.2, -0.15) is 0 Å². The number of halogens is 3. The molecule has 2 aromatic rings. The minimum absolute atomic E-state index is 0. The van der Waals surface area contributed by atoms with Gasteiger partial charge in [-0.25, -0.2) is 0 Å². The van der Waals surface area contributed by atoms with Gasteiger partial charge in [0.15, 0.2) is 0 Å². The number of carbonyl (C=O) groups is 1. The van der Waals surface area contributed by atoms with Crippen molar-refractivity contribution in [3.8, 4) is 16.9 Å². The van der Waals surface area contributed by atoms with E-state index in [9.17, 15) is 4.79 Å². The van der Waals surface area contributed by atoms with Crippen LogP contribution in [-0.4, -0.2) is 25.6 Å². The van der Waals surface area contributed by atoms with Gasteiger partial charge in [0.05, 0.1) is 6.54 Å². The minimum Gasteiger partial charge on any atom is -0.492 e. The highest BCUT2D eigenvalue weighted by atomic mass is 35.5. The Hall–Kier alpha value is -1.46. The Labute approximate surface area is 151 Å². The Morgan fingerprint density at radius 3 is 2.57 bits per heavy atom. The van der Waals surface area contributed by atoms with Crippen LogP contribution in [0.15, 0.2) is 42.5 Å². The number of ether oxygens (including phenoxy) is 1. The topological polar surface area (TPSA) is 64.4 Å². The van der Waals surface area contributed by atoms with E-state index in [1.165, 1.54) is 0 Å². The maximum absolute atomic E-state index is 10.6. The second-order valence-corrected chi connectivity index (χ2v) is 5.46. The number of hydrogen-bond acceptors (Lipinski definition) is 3. The van der Waals surface area contributed by atoms with Crippen LogP contribution < -0.4 is 15.8 Å². The summed E-state index contributed by atoms with van der Waals surface area (Å²) in [5, 5.41) is 4.12. The number of hydrogen-bond donors (Lipinski definition) is 2. The van der Waals surface area contributed by atoms with E-state index in [4.69, 9.17) is 33.7 Å². The number of rotatable bonds is 7. The lowest BCUT2D eigenvalue weighted by molar-refractivity contribution is -0.117. The number of amides is 1. The Kier molecular flexibility index (Phi) is 8.20. The molecule has 0 aliphatic heterocycles. The number of nitrogens with one attached hydrogen (secondary N) is 1. The number of primary amides is 1. The molecule has 0 aliphatic carbocycles. The SMILES string of the molecule is Cl.NC(=O)CNCCOc1ccc(Cl)cc1-c1ccccc1Cl. The van der Waals surface area contributed by atoms with E-state index in [0.29, 0.717) is 28.9 Å². The van der Waals surface area contributed by atoms with Gasteiger partial charge in [-0.1, -0.05) is 41.4 Å². The van der Waals surface area contributed by atoms with Gasteiger partial charge in [-0.3, -0.25) is 4.79 Å². The Morgan fingerprint density at radius 1 is 1.13 bits per heavy atom. The van der Waals surface area contributed by atoms with E-state index in [0.717, 1.165) is 11.1 Å². The van der Waals surface area contributed by atoms with Crippen molar-refractivity contribution in [2.45, 2.75) is 0 Å². The molecule has 7 heteroatoms. The molecule has 23 heavy (non-hydrogen) atoms. The van der Waals surface area contributed by atoms with Gasteiger partial charge in [-0.15, -0.1) is 12.4 Å². The molecule has 0 saturated heterocycles. The first kappa shape index (κ1) is 19.6. The normalized spacial score (nSPS) is 10.0. The van der Waals surface area contributed by atoms with Crippen molar-refractivity contribution in [2.75, 3.05) is 19.7 Å². The first-order chi connectivity index (χ1) is 10.6. The highest BCUT2D eigenvalue weighted by Crippen LogP contribution is 2.36. The maximum atomic E-state index is 10.6. The van der Waals surface area contributed by atoms with Crippen molar-refractivity contribution >= 4 is 41.5 Å². The smallest absolute Gasteiger partial charge is 0.231 e. The first-order valence-electron chi connectivity index (χ1n) is 6.74. The van der Waals surface area contributed by atoms with Crippen LogP contribution in [0.5, 0.6) is 5.75 Å². The lowest BCUT2D eigenvalue weighted by Gasteiger charge is -2.13. The zero-order valence-electron chi connectivity index (χ0n) is 12.2. The van der Waals surface area contributed by atoms with Crippen molar-refractivity contribution < 1.29 is 9.53 Å². The van der Waals surface area contributed by atoms with Crippen molar-refractivity contribution in [3.63, 3.8) is 0 Å². The Balaban J connectivity index is 0.00000264. The van der Waals surface area contributed by atoms with Crippen LogP contribution in [0.25, 0.3) is 11.1 Å². The summed E-state index contributed by atoms with van der Waals surface area (Å²) in [5.41, 5.74) is 6.73. The van der Waals surface area contributed by atoms with Crippen LogP contribution in [0.4, 0.5) is 0 Å². The van der Waals surface area contributed by atoms with Crippen molar-refractivity contribution in [1.82, 2.24) is 5.32 Å². The Bertz CT molecular complexity index is 666. The van der Waals surface area contributed by atoms with Crippen LogP contribution >= 0.6 is 35.6 Å². The molecular formula is C16H17Cl3N2O2. The summed E-state index contributed by atoms with van der Waals surface area (Å²) >= 11 is 12.3. The Morgan fingerprint density at radius 2 is 1.87 bits per heavy atom. The quantitative estimate of drug-likeness (QED) is 0.728. The highest BCUT2D eigenvalue weighted by Gasteiger charge is 2.10. The van der Waals surface area contributed by atoms with E-state index < -0.39 is 5.91 Å². The van der Waals surface area contributed by atoms with Crippen molar-refractivity contribution in [2.24, 2.45) is 5.73 Å². The average Bonchev–Trinajstić information content (AvgIpc) is 2.48. The molecule has 4 nitrogen and oxygen atoms in total. The largest absolute Gasteiger partial charge is 0.492 e. The molecule has 0 bridgehead atoms. The van der Waals surface area contributed by atoms with Gasteiger partial charge < -0.3 is 15.8 Å². The summed E-state index contributed by atoms with van der Waals surface area (Å²) in [6.07, 6.45) is 0. The molecule has 0 fully saturated rings. The molecular weight excluding hydrogens is 359 g/mol. The summed E-state index contributed by atoms with van der Waals surface area (Å²) in [6, 6.07) is 12.9. The van der Waals surface area contributed by atoms with E-state index in [-0.39, 0.29) is 19.0 Å². The van der Waals surface area contributed by atoms with Crippen LogP contribution in [0.1, 0.15) is 0 Å². The minimum atomic E-state index is -0.400. The molecule has 124 valence electrons. The average molecular weight is 376 g/mol. The van der Waals surface area contributed by atoms with Gasteiger partial charge in [0.1, 0.15) is 12.4 Å². The summed E-state index contributed by atoms with van der Waals surface area (Å²) in [6.45, 7) is 1.03. The van der Waals surface area contributed by atoms with Crippen LogP contribution in [0.3, 0.4) is 0 Å². The van der Waals surface area contributed by atoms with Crippen LogP contribution in [-0.2, 0) is 4.79 Å². The molecule has 0 unspecified atom stereocenters. The van der Waals surface area contributed by atoms with Crippen LogP contribution in [0, 0.1) is 0 Å². The molecule has 2 aromatic carbocycles. The first-order valence-corrected chi connectivity index (χ1v) is 7.50. The number of nitrogens with two attached hydrogens (primary N) is 1. The lowest BCUT2D eigenvalue weighted by Crippen LogP contribution is -2.31. The predicted octanol–water partition coefficient (Wildman–Crippen LogP) is 3.54. The molecule has 0 aromatic heterocycles. The molecule has 0 spiro atoms. The summed E-state index contributed by atoms with van der Waals surface area (Å²) in [5.74, 6) is 0.279. The molecule has 0 aliphatic rings. The standard InChI is InChI=1S/C16H16Cl2N2O2.ClH/c17-11-5-6-15(22-8-7-20-10-16(19)21)13(9-11)12-3-1-2-4-14(12)18;/h1-6,9,20H,7-8,10H2,(H2,19,21);1H. The monoisotopic (exact) mass is 374 g/mol. The van der Waals surface area contributed by atoms with Gasteiger partial charge in [0, 0.05) is 27.7 Å². The second-order valence-electron chi connectivity index (χ2n) is 4.61. The van der Waals surface area contributed by atoms with Crippen LogP contribution in [0.2, 0.25) is 10.0 Å². The third-order valence-electron chi connectivity index (χ3n) is 2.94. The lowest BCUT2D eigenvalue weighted by atomic mass is 10.0. The van der Waals surface area contributed by atoms with E-state index in [2.05, 4.69) is 5.32 Å². The maximum Gasteiger partial charge on any atom is 0.231 e. The molecule has 0 radical (unpaired) electrons. The summed E-state index contributed by atoms with van der Waals surface area (Å²) in [7, 11) is 0. The second kappa shape index (κ2) is 9.63. The molecule has 0 saturated carbocycles. The van der Waals surface area contributed by atoms with Gasteiger partial charge in [-0.05, 0) is 24.3 Å². The molecule has 3 N–H and O–H groups in total. The van der Waals surface area contributed by atoms with E-state index in [1.54, 1.807) is 12.1 Å². The summed E-state index contributed by atoms with van der Waals surface area (Å²) < 4.78 is 5.75. The van der Waals surface area contributed by atoms with Gasteiger partial charge in [0.25, 0.3) is 0 Å². The fraction of sp³-hybridized carbons (Fsp3) is 0.188. The molecule has 0 atom stereocenters. The zero-order chi connectivity index (χ0) is 15.9. The molecule has 0 heterocycles. The highest BCUT2D eigenvalue weighted by molar-refractivity contribution is 6.34. The van der Waals surface area contributed by atoms with Crippen molar-refractivity contribution in [3.05, 3.63) is 52.5 Å². The predicted molar refractivity (Wildman–Crippen MR) is 96.7 cm³/mol.